The molecular formula is C16H23N3O2S. The number of rotatable bonds is 4. The molecule has 2 aliphatic rings. The molecule has 1 aromatic rings. The second-order valence-electron chi connectivity index (χ2n) is 6.14. The predicted octanol–water partition coefficient (Wildman–Crippen LogP) is 2.61. The molecule has 1 aliphatic heterocycles. The molecule has 0 radical (unpaired) electrons. The molecule has 1 aromatic heterocycles. The van der Waals surface area contributed by atoms with Crippen molar-refractivity contribution < 1.29 is 9.59 Å². The summed E-state index contributed by atoms with van der Waals surface area (Å²) in [6.45, 7) is 3.42. The first kappa shape index (κ1) is 15.5. The molecule has 3 rings (SSSR count). The van der Waals surface area contributed by atoms with E-state index in [1.807, 2.05) is 11.8 Å². The summed E-state index contributed by atoms with van der Waals surface area (Å²) in [7, 11) is 0. The van der Waals surface area contributed by atoms with Crippen LogP contribution < -0.4 is 5.32 Å². The molecule has 1 N–H and O–H groups in total. The molecule has 5 nitrogen and oxygen atoms in total. The van der Waals surface area contributed by atoms with Crippen molar-refractivity contribution in [3.63, 3.8) is 0 Å². The Kier molecular flexibility index (Phi) is 4.76. The van der Waals surface area contributed by atoms with Gasteiger partial charge in [-0.15, -0.1) is 11.3 Å². The molecule has 0 aromatic carbocycles. The maximum absolute atomic E-state index is 12.3. The Labute approximate surface area is 135 Å². The zero-order chi connectivity index (χ0) is 15.5. The van der Waals surface area contributed by atoms with Gasteiger partial charge in [-0.1, -0.05) is 6.92 Å². The highest BCUT2D eigenvalue weighted by Crippen LogP contribution is 2.31. The average molecular weight is 321 g/mol. The average Bonchev–Trinajstić information content (AvgIpc) is 3.09. The summed E-state index contributed by atoms with van der Waals surface area (Å²) in [6.07, 6.45) is 6.33. The van der Waals surface area contributed by atoms with E-state index in [1.165, 1.54) is 17.0 Å². The predicted molar refractivity (Wildman–Crippen MR) is 87.0 cm³/mol. The first-order valence-corrected chi connectivity index (χ1v) is 9.06. The Morgan fingerprint density at radius 3 is 2.77 bits per heavy atom. The third kappa shape index (κ3) is 3.32. The van der Waals surface area contributed by atoms with Crippen molar-refractivity contribution in [3.05, 3.63) is 10.6 Å². The smallest absolute Gasteiger partial charge is 0.229 e. The van der Waals surface area contributed by atoms with Crippen molar-refractivity contribution >= 4 is 28.3 Å². The third-order valence-corrected chi connectivity index (χ3v) is 5.58. The summed E-state index contributed by atoms with van der Waals surface area (Å²) in [5.41, 5.74) is 1.17. The van der Waals surface area contributed by atoms with Crippen molar-refractivity contribution in [1.82, 2.24) is 9.88 Å². The standard InChI is InChI=1S/C16H23N3O2S/c1-2-4-14(20)19-9-7-11(8-10-19)15(21)18-16-17-12-5-3-6-13(12)22-16/h11H,2-10H2,1H3,(H,17,18,21). The maximum atomic E-state index is 12.3. The first-order valence-electron chi connectivity index (χ1n) is 8.24. The van der Waals surface area contributed by atoms with E-state index < -0.39 is 0 Å². The molecule has 1 saturated heterocycles. The van der Waals surface area contributed by atoms with Gasteiger partial charge in [0.15, 0.2) is 5.13 Å². The summed E-state index contributed by atoms with van der Waals surface area (Å²) in [5, 5.41) is 3.72. The van der Waals surface area contributed by atoms with E-state index in [9.17, 15) is 9.59 Å². The van der Waals surface area contributed by atoms with Gasteiger partial charge in [-0.05, 0) is 38.5 Å². The van der Waals surface area contributed by atoms with Gasteiger partial charge in [0, 0.05) is 30.3 Å². The zero-order valence-corrected chi connectivity index (χ0v) is 13.9. The van der Waals surface area contributed by atoms with E-state index in [4.69, 9.17) is 0 Å². The number of piperidine rings is 1. The van der Waals surface area contributed by atoms with Crippen molar-refractivity contribution in [2.75, 3.05) is 18.4 Å². The fraction of sp³-hybridized carbons (Fsp3) is 0.688. The summed E-state index contributed by atoms with van der Waals surface area (Å²) < 4.78 is 0. The minimum absolute atomic E-state index is 0.00409. The molecule has 0 bridgehead atoms. The zero-order valence-electron chi connectivity index (χ0n) is 13.1. The van der Waals surface area contributed by atoms with E-state index in [2.05, 4.69) is 10.3 Å². The number of aromatic nitrogens is 1. The van der Waals surface area contributed by atoms with Crippen LogP contribution in [0.4, 0.5) is 5.13 Å². The fourth-order valence-corrected chi connectivity index (χ4v) is 4.27. The van der Waals surface area contributed by atoms with E-state index in [1.54, 1.807) is 11.3 Å². The number of carbonyl (C=O) groups is 2. The normalized spacial score (nSPS) is 18.3. The maximum Gasteiger partial charge on any atom is 0.229 e. The lowest BCUT2D eigenvalue weighted by Gasteiger charge is -2.31. The van der Waals surface area contributed by atoms with Crippen LogP contribution in [0.1, 0.15) is 49.6 Å². The Balaban J connectivity index is 1.50. The van der Waals surface area contributed by atoms with Crippen LogP contribution in [0.25, 0.3) is 0 Å². The third-order valence-electron chi connectivity index (χ3n) is 4.51. The number of fused-ring (bicyclic) bond motifs is 1. The molecule has 120 valence electrons. The molecule has 2 heterocycles. The van der Waals surface area contributed by atoms with Gasteiger partial charge < -0.3 is 10.2 Å². The SMILES string of the molecule is CCCC(=O)N1CCC(C(=O)Nc2nc3c(s2)CCC3)CC1. The van der Waals surface area contributed by atoms with Crippen LogP contribution in [0.2, 0.25) is 0 Å². The molecule has 2 amide bonds. The van der Waals surface area contributed by atoms with Crippen LogP contribution in [0.15, 0.2) is 0 Å². The number of thiazole rings is 1. The van der Waals surface area contributed by atoms with Crippen molar-refractivity contribution in [3.8, 4) is 0 Å². The molecule has 6 heteroatoms. The van der Waals surface area contributed by atoms with Gasteiger partial charge in [0.05, 0.1) is 5.69 Å². The molecular weight excluding hydrogens is 298 g/mol. The van der Waals surface area contributed by atoms with Gasteiger partial charge in [-0.3, -0.25) is 9.59 Å². The van der Waals surface area contributed by atoms with Gasteiger partial charge in [0.25, 0.3) is 0 Å². The lowest BCUT2D eigenvalue weighted by Crippen LogP contribution is -2.41. The Hall–Kier alpha value is -1.43. The second-order valence-corrected chi connectivity index (χ2v) is 7.22. The van der Waals surface area contributed by atoms with Gasteiger partial charge in [0.2, 0.25) is 11.8 Å². The lowest BCUT2D eigenvalue weighted by atomic mass is 9.96. The molecule has 22 heavy (non-hydrogen) atoms. The second kappa shape index (κ2) is 6.77. The van der Waals surface area contributed by atoms with Gasteiger partial charge >= 0.3 is 0 Å². The monoisotopic (exact) mass is 321 g/mol. The number of carbonyl (C=O) groups excluding carboxylic acids is 2. The Morgan fingerprint density at radius 1 is 1.32 bits per heavy atom. The van der Waals surface area contributed by atoms with Gasteiger partial charge in [-0.25, -0.2) is 4.98 Å². The van der Waals surface area contributed by atoms with Crippen LogP contribution in [0, 0.1) is 5.92 Å². The number of anilines is 1. The van der Waals surface area contributed by atoms with Crippen molar-refractivity contribution in [1.29, 1.82) is 0 Å². The summed E-state index contributed by atoms with van der Waals surface area (Å²) in [5.74, 6) is 0.289. The van der Waals surface area contributed by atoms with E-state index >= 15 is 0 Å². The molecule has 0 atom stereocenters. The van der Waals surface area contributed by atoms with Crippen LogP contribution in [0.3, 0.4) is 0 Å². The van der Waals surface area contributed by atoms with Crippen LogP contribution >= 0.6 is 11.3 Å². The topological polar surface area (TPSA) is 62.3 Å². The molecule has 1 aliphatic carbocycles. The largest absolute Gasteiger partial charge is 0.343 e. The summed E-state index contributed by atoms with van der Waals surface area (Å²) in [4.78, 5) is 31.9. The summed E-state index contributed by atoms with van der Waals surface area (Å²) in [6, 6.07) is 0. The highest BCUT2D eigenvalue weighted by atomic mass is 32.1. The number of likely N-dealkylation sites (tertiary alicyclic amines) is 1. The van der Waals surface area contributed by atoms with Gasteiger partial charge in [-0.2, -0.15) is 0 Å². The van der Waals surface area contributed by atoms with Crippen LogP contribution in [-0.2, 0) is 22.4 Å². The minimum atomic E-state index is 0.00409. The number of nitrogens with zero attached hydrogens (tertiary/aromatic N) is 2. The number of hydrogen-bond donors (Lipinski definition) is 1. The highest BCUT2D eigenvalue weighted by molar-refractivity contribution is 7.15. The molecule has 0 saturated carbocycles. The fourth-order valence-electron chi connectivity index (χ4n) is 3.21. The molecule has 1 fully saturated rings. The summed E-state index contributed by atoms with van der Waals surface area (Å²) >= 11 is 1.62. The van der Waals surface area contributed by atoms with Crippen molar-refractivity contribution in [2.24, 2.45) is 5.92 Å². The quantitative estimate of drug-likeness (QED) is 0.927. The first-order chi connectivity index (χ1) is 10.7. The molecule has 0 unspecified atom stereocenters. The number of nitrogens with one attached hydrogen (secondary N) is 1. The Bertz CT molecular complexity index is 540. The van der Waals surface area contributed by atoms with Gasteiger partial charge in [0.1, 0.15) is 0 Å². The van der Waals surface area contributed by atoms with Crippen LogP contribution in [0.5, 0.6) is 0 Å². The van der Waals surface area contributed by atoms with E-state index in [0.717, 1.165) is 37.2 Å². The number of hydrogen-bond acceptors (Lipinski definition) is 4. The lowest BCUT2D eigenvalue weighted by molar-refractivity contribution is -0.134. The highest BCUT2D eigenvalue weighted by Gasteiger charge is 2.28. The minimum Gasteiger partial charge on any atom is -0.343 e. The Morgan fingerprint density at radius 2 is 2.09 bits per heavy atom. The number of aryl methyl sites for hydroxylation is 2. The van der Waals surface area contributed by atoms with E-state index in [-0.39, 0.29) is 17.7 Å². The van der Waals surface area contributed by atoms with Crippen LogP contribution in [-0.4, -0.2) is 34.8 Å². The number of amides is 2. The van der Waals surface area contributed by atoms with Crippen molar-refractivity contribution in [2.45, 2.75) is 51.9 Å². The molecule has 0 spiro atoms. The van der Waals surface area contributed by atoms with E-state index in [0.29, 0.717) is 19.5 Å².